The van der Waals surface area contributed by atoms with E-state index in [9.17, 15) is 0 Å². The van der Waals surface area contributed by atoms with Crippen LogP contribution in [-0.4, -0.2) is 11.8 Å². The van der Waals surface area contributed by atoms with Gasteiger partial charge in [-0.05, 0) is 58.2 Å². The van der Waals surface area contributed by atoms with Crippen molar-refractivity contribution < 1.29 is 9.47 Å². The summed E-state index contributed by atoms with van der Waals surface area (Å²) >= 11 is 0. The van der Waals surface area contributed by atoms with Gasteiger partial charge in [-0.2, -0.15) is 0 Å². The fourth-order valence-corrected chi connectivity index (χ4v) is 5.76. The van der Waals surface area contributed by atoms with E-state index in [0.29, 0.717) is 18.1 Å². The second-order valence-corrected chi connectivity index (χ2v) is 8.62. The lowest BCUT2D eigenvalue weighted by atomic mass is 9.68. The van der Waals surface area contributed by atoms with Gasteiger partial charge in [-0.15, -0.1) is 0 Å². The van der Waals surface area contributed by atoms with Crippen molar-refractivity contribution in [2.75, 3.05) is 6.79 Å². The summed E-state index contributed by atoms with van der Waals surface area (Å²) in [5, 5.41) is 3.65. The minimum atomic E-state index is 0.234. The van der Waals surface area contributed by atoms with E-state index in [1.165, 1.54) is 23.8 Å². The van der Waals surface area contributed by atoms with E-state index >= 15 is 0 Å². The van der Waals surface area contributed by atoms with Crippen molar-refractivity contribution in [1.82, 2.24) is 4.98 Å². The van der Waals surface area contributed by atoms with E-state index in [2.05, 4.69) is 51.2 Å². The Bertz CT molecular complexity index is 1080. The molecule has 2 bridgehead atoms. The van der Waals surface area contributed by atoms with Gasteiger partial charge in [0, 0.05) is 17.0 Å². The number of hydrogen-bond donors (Lipinski definition) is 0. The summed E-state index contributed by atoms with van der Waals surface area (Å²) in [7, 11) is 0. The van der Waals surface area contributed by atoms with Crippen LogP contribution in [0.2, 0.25) is 0 Å². The molecule has 0 spiro atoms. The second-order valence-electron chi connectivity index (χ2n) is 8.62. The topological polar surface area (TPSA) is 31.4 Å². The molecule has 0 unspecified atom stereocenters. The summed E-state index contributed by atoms with van der Waals surface area (Å²) in [5.41, 5.74) is 4.65. The molecule has 1 aromatic heterocycles. The lowest BCUT2D eigenvalue weighted by molar-refractivity contribution is 0.174. The van der Waals surface area contributed by atoms with Crippen LogP contribution in [0.15, 0.2) is 30.5 Å². The zero-order valence-electron chi connectivity index (χ0n) is 14.8. The Kier molecular flexibility index (Phi) is 2.28. The van der Waals surface area contributed by atoms with E-state index in [1.807, 2.05) is 0 Å². The van der Waals surface area contributed by atoms with Crippen molar-refractivity contribution in [3.8, 4) is 11.5 Å². The molecule has 3 heteroatoms. The molecular formula is C22H21NO2. The maximum atomic E-state index is 5.60. The lowest BCUT2D eigenvalue weighted by Gasteiger charge is -2.35. The molecule has 2 aromatic carbocycles. The lowest BCUT2D eigenvalue weighted by Crippen LogP contribution is -2.31. The molecule has 2 aliphatic carbocycles. The van der Waals surface area contributed by atoms with Gasteiger partial charge in [0.15, 0.2) is 11.5 Å². The van der Waals surface area contributed by atoms with Gasteiger partial charge in [0.25, 0.3) is 0 Å². The fraction of sp³-hybridized carbons (Fsp3) is 0.409. The van der Waals surface area contributed by atoms with Crippen molar-refractivity contribution in [3.05, 3.63) is 41.6 Å². The zero-order chi connectivity index (χ0) is 17.0. The van der Waals surface area contributed by atoms with Gasteiger partial charge in [0.2, 0.25) is 6.79 Å². The van der Waals surface area contributed by atoms with Crippen LogP contribution in [0.5, 0.6) is 11.5 Å². The molecule has 0 N–H and O–H groups in total. The van der Waals surface area contributed by atoms with Gasteiger partial charge < -0.3 is 9.47 Å². The molecule has 6 rings (SSSR count). The molecule has 1 saturated carbocycles. The highest BCUT2D eigenvalue weighted by Crippen LogP contribution is 2.68. The van der Waals surface area contributed by atoms with E-state index in [0.717, 1.165) is 27.8 Å². The van der Waals surface area contributed by atoms with Crippen molar-refractivity contribution in [2.45, 2.75) is 44.9 Å². The van der Waals surface area contributed by atoms with Crippen molar-refractivity contribution in [1.29, 1.82) is 0 Å². The van der Waals surface area contributed by atoms with Gasteiger partial charge in [-0.3, -0.25) is 4.98 Å². The zero-order valence-corrected chi connectivity index (χ0v) is 14.8. The molecule has 0 radical (unpaired) electrons. The molecule has 3 aliphatic rings. The Morgan fingerprint density at radius 2 is 1.84 bits per heavy atom. The van der Waals surface area contributed by atoms with Crippen molar-refractivity contribution >= 4 is 21.7 Å². The van der Waals surface area contributed by atoms with Crippen LogP contribution >= 0.6 is 0 Å². The molecule has 126 valence electrons. The van der Waals surface area contributed by atoms with E-state index in [1.54, 1.807) is 5.56 Å². The first kappa shape index (κ1) is 13.9. The molecule has 1 aliphatic heterocycles. The predicted octanol–water partition coefficient (Wildman–Crippen LogP) is 5.29. The average Bonchev–Trinajstić information content (AvgIpc) is 3.19. The highest BCUT2D eigenvalue weighted by atomic mass is 16.7. The summed E-state index contributed by atoms with van der Waals surface area (Å²) < 4.78 is 11.1. The van der Waals surface area contributed by atoms with Crippen LogP contribution in [0.3, 0.4) is 0 Å². The molecule has 0 saturated heterocycles. The maximum absolute atomic E-state index is 5.60. The third-order valence-corrected chi connectivity index (χ3v) is 7.53. The number of benzene rings is 2. The largest absolute Gasteiger partial charge is 0.454 e. The molecule has 3 aromatic rings. The minimum absolute atomic E-state index is 0.234. The third kappa shape index (κ3) is 1.43. The summed E-state index contributed by atoms with van der Waals surface area (Å²) in [6.07, 6.45) is 4.71. The molecule has 3 nitrogen and oxygen atoms in total. The molecule has 0 amide bonds. The Labute approximate surface area is 147 Å². The quantitative estimate of drug-likeness (QED) is 0.524. The van der Waals surface area contributed by atoms with Gasteiger partial charge in [0.05, 0.1) is 5.52 Å². The summed E-state index contributed by atoms with van der Waals surface area (Å²) in [5.74, 6) is 2.30. The average molecular weight is 331 g/mol. The number of rotatable bonds is 0. The first-order chi connectivity index (χ1) is 12.0. The van der Waals surface area contributed by atoms with Gasteiger partial charge in [-0.25, -0.2) is 0 Å². The van der Waals surface area contributed by atoms with Crippen molar-refractivity contribution in [2.24, 2.45) is 5.41 Å². The van der Waals surface area contributed by atoms with Crippen LogP contribution in [-0.2, 0) is 5.41 Å². The SMILES string of the molecule is CC1(C)[C@H]2CC[C@]1(C)c1c2cnc2c1ccc1cc3c(cc12)OCO3. The van der Waals surface area contributed by atoms with E-state index in [4.69, 9.17) is 14.5 Å². The van der Waals surface area contributed by atoms with E-state index in [-0.39, 0.29) is 5.41 Å². The van der Waals surface area contributed by atoms with Gasteiger partial charge in [0.1, 0.15) is 0 Å². The molecule has 2 heterocycles. The predicted molar refractivity (Wildman–Crippen MR) is 98.5 cm³/mol. The normalized spacial score (nSPS) is 28.0. The van der Waals surface area contributed by atoms with Gasteiger partial charge >= 0.3 is 0 Å². The highest BCUT2D eigenvalue weighted by Gasteiger charge is 2.59. The van der Waals surface area contributed by atoms with Crippen LogP contribution in [0.25, 0.3) is 21.7 Å². The Morgan fingerprint density at radius 3 is 2.68 bits per heavy atom. The van der Waals surface area contributed by atoms with Crippen LogP contribution < -0.4 is 9.47 Å². The third-order valence-electron chi connectivity index (χ3n) is 7.53. The molecule has 1 fully saturated rings. The first-order valence-electron chi connectivity index (χ1n) is 9.16. The van der Waals surface area contributed by atoms with Crippen LogP contribution in [0, 0.1) is 5.41 Å². The summed E-state index contributed by atoms with van der Waals surface area (Å²) in [6, 6.07) is 8.65. The summed E-state index contributed by atoms with van der Waals surface area (Å²) in [6.45, 7) is 7.65. The number of hydrogen-bond acceptors (Lipinski definition) is 3. The van der Waals surface area contributed by atoms with E-state index < -0.39 is 0 Å². The fourth-order valence-electron chi connectivity index (χ4n) is 5.76. The molecule has 2 atom stereocenters. The number of nitrogens with zero attached hydrogens (tertiary/aromatic N) is 1. The smallest absolute Gasteiger partial charge is 0.231 e. The van der Waals surface area contributed by atoms with Crippen molar-refractivity contribution in [3.63, 3.8) is 0 Å². The second kappa shape index (κ2) is 4.09. The first-order valence-corrected chi connectivity index (χ1v) is 9.16. The number of fused-ring (bicyclic) bond motifs is 10. The Balaban J connectivity index is 1.73. The Hall–Kier alpha value is -2.29. The number of aromatic nitrogens is 1. The van der Waals surface area contributed by atoms with Gasteiger partial charge in [-0.1, -0.05) is 32.9 Å². The standard InChI is InChI=1S/C22H21NO2/c1-21(2)16-6-7-22(21,3)19-13-5-4-12-8-17-18(25-11-24-17)9-14(12)20(13)23-10-15(16)19/h4-5,8-10,16H,6-7,11H2,1-3H3/t16-,22+/m0/s1. The Morgan fingerprint density at radius 1 is 1.04 bits per heavy atom. The molecular weight excluding hydrogens is 310 g/mol. The number of pyridine rings is 1. The maximum Gasteiger partial charge on any atom is 0.231 e. The molecule has 25 heavy (non-hydrogen) atoms. The summed E-state index contributed by atoms with van der Waals surface area (Å²) in [4.78, 5) is 4.93. The van der Waals surface area contributed by atoms with Crippen LogP contribution in [0.4, 0.5) is 0 Å². The minimum Gasteiger partial charge on any atom is -0.454 e. The number of ether oxygens (including phenoxy) is 2. The highest BCUT2D eigenvalue weighted by molar-refractivity contribution is 6.08. The van der Waals surface area contributed by atoms with Crippen LogP contribution in [0.1, 0.15) is 50.7 Å². The monoisotopic (exact) mass is 331 g/mol.